The van der Waals surface area contributed by atoms with Crippen LogP contribution in [0.1, 0.15) is 30.1 Å². The number of carbonyl (C=O) groups is 1. The van der Waals surface area contributed by atoms with Gasteiger partial charge in [-0.3, -0.25) is 10.1 Å². The number of anilines is 1. The third-order valence-corrected chi connectivity index (χ3v) is 3.59. The summed E-state index contributed by atoms with van der Waals surface area (Å²) in [7, 11) is 0. The van der Waals surface area contributed by atoms with E-state index < -0.39 is 10.9 Å². The molecule has 0 aromatic carbocycles. The monoisotopic (exact) mass is 295 g/mol. The van der Waals surface area contributed by atoms with Crippen molar-refractivity contribution in [2.45, 2.75) is 25.9 Å². The van der Waals surface area contributed by atoms with E-state index in [9.17, 15) is 14.9 Å². The lowest BCUT2D eigenvalue weighted by molar-refractivity contribution is -0.385. The molecular formula is C13H17N3O5. The summed E-state index contributed by atoms with van der Waals surface area (Å²) in [6, 6.07) is 1.01. The van der Waals surface area contributed by atoms with Gasteiger partial charge in [-0.15, -0.1) is 0 Å². The van der Waals surface area contributed by atoms with Crippen LogP contribution in [0.4, 0.5) is 11.5 Å². The second-order valence-electron chi connectivity index (χ2n) is 4.90. The Hall–Kier alpha value is -2.22. The van der Waals surface area contributed by atoms with Gasteiger partial charge in [0.2, 0.25) is 0 Å². The van der Waals surface area contributed by atoms with E-state index in [1.807, 2.05) is 6.92 Å². The molecular weight excluding hydrogens is 278 g/mol. The number of aromatic nitrogens is 1. The molecule has 8 heteroatoms. The van der Waals surface area contributed by atoms with E-state index in [1.54, 1.807) is 0 Å². The number of rotatable bonds is 6. The van der Waals surface area contributed by atoms with E-state index in [-0.39, 0.29) is 29.1 Å². The van der Waals surface area contributed by atoms with Crippen molar-refractivity contribution in [3.05, 3.63) is 27.9 Å². The standard InChI is InChI=1S/C13H17N3O5/c1-2-11-8(3-4-21-11)6-14-12-10(13(17)18)5-9(7-15-12)16(19)20/h5,7-8,11H,2-4,6H2,1H3,(H,14,15)(H,17,18). The van der Waals surface area contributed by atoms with Crippen LogP contribution in [0, 0.1) is 16.0 Å². The van der Waals surface area contributed by atoms with Crippen molar-refractivity contribution in [2.75, 3.05) is 18.5 Å². The molecule has 1 aliphatic rings. The number of hydrogen-bond acceptors (Lipinski definition) is 6. The number of nitro groups is 1. The fraction of sp³-hybridized carbons (Fsp3) is 0.538. The summed E-state index contributed by atoms with van der Waals surface area (Å²) >= 11 is 0. The van der Waals surface area contributed by atoms with Gasteiger partial charge in [-0.25, -0.2) is 9.78 Å². The number of carboxylic acids is 1. The molecule has 1 aromatic rings. The fourth-order valence-corrected chi connectivity index (χ4v) is 2.46. The van der Waals surface area contributed by atoms with Crippen LogP contribution in [0.25, 0.3) is 0 Å². The summed E-state index contributed by atoms with van der Waals surface area (Å²) in [5, 5.41) is 22.8. The van der Waals surface area contributed by atoms with Crippen molar-refractivity contribution >= 4 is 17.5 Å². The zero-order chi connectivity index (χ0) is 15.4. The summed E-state index contributed by atoms with van der Waals surface area (Å²) in [4.78, 5) is 25.1. The largest absolute Gasteiger partial charge is 0.478 e. The molecule has 0 amide bonds. The Labute approximate surface area is 121 Å². The molecule has 114 valence electrons. The molecule has 2 unspecified atom stereocenters. The molecule has 2 heterocycles. The molecule has 2 atom stereocenters. The molecule has 21 heavy (non-hydrogen) atoms. The lowest BCUT2D eigenvalue weighted by Gasteiger charge is -2.18. The molecule has 0 radical (unpaired) electrons. The second kappa shape index (κ2) is 6.49. The average Bonchev–Trinajstić information content (AvgIpc) is 2.92. The Kier molecular flexibility index (Phi) is 4.69. The molecule has 2 N–H and O–H groups in total. The topological polar surface area (TPSA) is 115 Å². The number of hydrogen-bond donors (Lipinski definition) is 2. The number of pyridine rings is 1. The van der Waals surface area contributed by atoms with Crippen LogP contribution >= 0.6 is 0 Å². The maximum absolute atomic E-state index is 11.2. The fourth-order valence-electron chi connectivity index (χ4n) is 2.46. The molecule has 1 aromatic heterocycles. The van der Waals surface area contributed by atoms with Gasteiger partial charge in [-0.05, 0) is 12.8 Å². The second-order valence-corrected chi connectivity index (χ2v) is 4.90. The summed E-state index contributed by atoms with van der Waals surface area (Å²) in [5.74, 6) is -0.813. The predicted molar refractivity (Wildman–Crippen MR) is 74.5 cm³/mol. The number of nitrogens with zero attached hydrogens (tertiary/aromatic N) is 2. The van der Waals surface area contributed by atoms with Gasteiger partial charge in [0.1, 0.15) is 17.6 Å². The van der Waals surface area contributed by atoms with Gasteiger partial charge in [0.25, 0.3) is 5.69 Å². The molecule has 0 saturated carbocycles. The Bertz CT molecular complexity index is 549. The Balaban J connectivity index is 2.12. The van der Waals surface area contributed by atoms with E-state index in [1.165, 1.54) is 0 Å². The third-order valence-electron chi connectivity index (χ3n) is 3.59. The number of nitrogens with one attached hydrogen (secondary N) is 1. The Morgan fingerprint density at radius 1 is 1.67 bits per heavy atom. The number of aromatic carboxylic acids is 1. The van der Waals surface area contributed by atoms with Gasteiger partial charge >= 0.3 is 5.97 Å². The molecule has 1 aliphatic heterocycles. The van der Waals surface area contributed by atoms with Crippen molar-refractivity contribution < 1.29 is 19.6 Å². The average molecular weight is 295 g/mol. The molecule has 8 nitrogen and oxygen atoms in total. The third kappa shape index (κ3) is 3.46. The van der Waals surface area contributed by atoms with Crippen LogP contribution < -0.4 is 5.32 Å². The van der Waals surface area contributed by atoms with E-state index in [2.05, 4.69) is 10.3 Å². The zero-order valence-electron chi connectivity index (χ0n) is 11.6. The maximum Gasteiger partial charge on any atom is 0.339 e. The number of carboxylic acid groups (broad SMARTS) is 1. The van der Waals surface area contributed by atoms with Gasteiger partial charge in [0, 0.05) is 25.1 Å². The lowest BCUT2D eigenvalue weighted by Crippen LogP contribution is -2.24. The molecule has 1 saturated heterocycles. The van der Waals surface area contributed by atoms with Gasteiger partial charge in [0.05, 0.1) is 11.0 Å². The van der Waals surface area contributed by atoms with Gasteiger partial charge in [-0.2, -0.15) is 0 Å². The first-order chi connectivity index (χ1) is 10.0. The first kappa shape index (κ1) is 15.2. The van der Waals surface area contributed by atoms with E-state index >= 15 is 0 Å². The molecule has 1 fully saturated rings. The van der Waals surface area contributed by atoms with Crippen LogP contribution in [0.15, 0.2) is 12.3 Å². The van der Waals surface area contributed by atoms with Crippen LogP contribution in [-0.2, 0) is 4.74 Å². The first-order valence-corrected chi connectivity index (χ1v) is 6.76. The highest BCUT2D eigenvalue weighted by molar-refractivity contribution is 5.93. The molecule has 0 aliphatic carbocycles. The highest BCUT2D eigenvalue weighted by Gasteiger charge is 2.27. The van der Waals surface area contributed by atoms with Gasteiger partial charge < -0.3 is 15.2 Å². The van der Waals surface area contributed by atoms with E-state index in [0.29, 0.717) is 13.2 Å². The van der Waals surface area contributed by atoms with Crippen LogP contribution in [-0.4, -0.2) is 40.2 Å². The number of ether oxygens (including phenoxy) is 1. The highest BCUT2D eigenvalue weighted by Crippen LogP contribution is 2.25. The van der Waals surface area contributed by atoms with Crippen LogP contribution in [0.3, 0.4) is 0 Å². The van der Waals surface area contributed by atoms with Crippen LogP contribution in [0.2, 0.25) is 0 Å². The quantitative estimate of drug-likeness (QED) is 0.608. The van der Waals surface area contributed by atoms with E-state index in [0.717, 1.165) is 25.1 Å². The molecule has 0 bridgehead atoms. The van der Waals surface area contributed by atoms with Gasteiger partial charge in [-0.1, -0.05) is 6.92 Å². The van der Waals surface area contributed by atoms with Crippen molar-refractivity contribution in [2.24, 2.45) is 5.92 Å². The summed E-state index contributed by atoms with van der Waals surface area (Å²) in [6.45, 7) is 3.27. The van der Waals surface area contributed by atoms with Crippen molar-refractivity contribution in [3.8, 4) is 0 Å². The minimum atomic E-state index is -1.25. The minimum Gasteiger partial charge on any atom is -0.478 e. The maximum atomic E-state index is 11.2. The van der Waals surface area contributed by atoms with Crippen molar-refractivity contribution in [3.63, 3.8) is 0 Å². The summed E-state index contributed by atoms with van der Waals surface area (Å²) < 4.78 is 5.57. The van der Waals surface area contributed by atoms with Crippen molar-refractivity contribution in [1.29, 1.82) is 0 Å². The minimum absolute atomic E-state index is 0.148. The van der Waals surface area contributed by atoms with Gasteiger partial charge in [0.15, 0.2) is 0 Å². The Morgan fingerprint density at radius 3 is 3.05 bits per heavy atom. The molecule has 0 spiro atoms. The highest BCUT2D eigenvalue weighted by atomic mass is 16.6. The SMILES string of the molecule is CCC1OCCC1CNc1ncc([N+](=O)[O-])cc1C(=O)O. The van der Waals surface area contributed by atoms with Crippen LogP contribution in [0.5, 0.6) is 0 Å². The smallest absolute Gasteiger partial charge is 0.339 e. The van der Waals surface area contributed by atoms with Crippen molar-refractivity contribution in [1.82, 2.24) is 4.98 Å². The zero-order valence-corrected chi connectivity index (χ0v) is 11.6. The molecule has 2 rings (SSSR count). The Morgan fingerprint density at radius 2 is 2.43 bits per heavy atom. The summed E-state index contributed by atoms with van der Waals surface area (Å²) in [6.07, 6.45) is 3.01. The summed E-state index contributed by atoms with van der Waals surface area (Å²) in [5.41, 5.74) is -0.537. The van der Waals surface area contributed by atoms with E-state index in [4.69, 9.17) is 9.84 Å². The first-order valence-electron chi connectivity index (χ1n) is 6.76. The predicted octanol–water partition coefficient (Wildman–Crippen LogP) is 1.91. The lowest BCUT2D eigenvalue weighted by atomic mass is 9.99. The normalized spacial score (nSPS) is 21.2.